The smallest absolute Gasteiger partial charge is 0.252 e. The highest BCUT2D eigenvalue weighted by atomic mass is 35.5. The van der Waals surface area contributed by atoms with Crippen molar-refractivity contribution in [3.05, 3.63) is 39.5 Å². The summed E-state index contributed by atoms with van der Waals surface area (Å²) in [6.45, 7) is 5.83. The zero-order valence-electron chi connectivity index (χ0n) is 17.8. The maximum atomic E-state index is 12.9. The van der Waals surface area contributed by atoms with Crippen LogP contribution in [0.4, 0.5) is 0 Å². The van der Waals surface area contributed by atoms with E-state index in [1.165, 1.54) is 21.7 Å². The number of aryl methyl sites for hydroxylation is 1. The van der Waals surface area contributed by atoms with Gasteiger partial charge in [-0.05, 0) is 57.0 Å². The van der Waals surface area contributed by atoms with Crippen molar-refractivity contribution in [3.63, 3.8) is 0 Å². The molecule has 0 aliphatic carbocycles. The lowest BCUT2D eigenvalue weighted by Gasteiger charge is -2.29. The zero-order chi connectivity index (χ0) is 22.9. The fourth-order valence-corrected chi connectivity index (χ4v) is 8.03. The summed E-state index contributed by atoms with van der Waals surface area (Å²) >= 11 is 8.41. The molecule has 11 heteroatoms. The Hall–Kier alpha value is -1.72. The van der Waals surface area contributed by atoms with Crippen LogP contribution in [0, 0.1) is 5.92 Å². The average Bonchev–Trinajstić information content (AvgIpc) is 3.37. The number of hydrogen-bond donors (Lipinski definition) is 0. The van der Waals surface area contributed by atoms with E-state index in [1.807, 2.05) is 36.6 Å². The van der Waals surface area contributed by atoms with E-state index in [1.54, 1.807) is 6.07 Å². The van der Waals surface area contributed by atoms with Crippen LogP contribution in [0.3, 0.4) is 0 Å². The van der Waals surface area contributed by atoms with Gasteiger partial charge in [-0.25, -0.2) is 8.42 Å². The Bertz CT molecular complexity index is 1300. The number of piperidine rings is 1. The molecule has 1 aromatic carbocycles. The quantitative estimate of drug-likeness (QED) is 0.490. The Morgan fingerprint density at radius 1 is 1.19 bits per heavy atom. The highest BCUT2D eigenvalue weighted by Crippen LogP contribution is 2.31. The van der Waals surface area contributed by atoms with Gasteiger partial charge in [-0.15, -0.1) is 11.3 Å². The topological polar surface area (TPSA) is 81.0 Å². The number of aromatic nitrogens is 1. The van der Waals surface area contributed by atoms with Crippen LogP contribution in [0.25, 0.3) is 10.2 Å². The summed E-state index contributed by atoms with van der Waals surface area (Å²) in [5.41, 5.74) is 1.02. The van der Waals surface area contributed by atoms with Crippen LogP contribution in [-0.2, 0) is 21.4 Å². The molecule has 0 unspecified atom stereocenters. The Morgan fingerprint density at radius 2 is 1.94 bits per heavy atom. The molecule has 1 aliphatic rings. The maximum absolute atomic E-state index is 12.9. The molecule has 3 aromatic rings. The van der Waals surface area contributed by atoms with E-state index in [9.17, 15) is 13.2 Å². The molecule has 172 valence electrons. The van der Waals surface area contributed by atoms with Crippen molar-refractivity contribution < 1.29 is 17.9 Å². The number of benzene rings is 1. The zero-order valence-corrected chi connectivity index (χ0v) is 21.0. The maximum Gasteiger partial charge on any atom is 0.252 e. The number of fused-ring (bicyclic) bond motifs is 1. The van der Waals surface area contributed by atoms with Crippen LogP contribution in [0.5, 0.6) is 5.75 Å². The van der Waals surface area contributed by atoms with Gasteiger partial charge in [-0.3, -0.25) is 4.79 Å². The molecule has 0 saturated carbocycles. The van der Waals surface area contributed by atoms with Crippen molar-refractivity contribution in [1.29, 1.82) is 0 Å². The summed E-state index contributed by atoms with van der Waals surface area (Å²) < 4.78 is 36.3. The van der Waals surface area contributed by atoms with E-state index in [-0.39, 0.29) is 16.0 Å². The molecular weight excluding hydrogens is 490 g/mol. The molecule has 0 N–H and O–H groups in total. The minimum atomic E-state index is -3.57. The van der Waals surface area contributed by atoms with Crippen LogP contribution >= 0.6 is 34.3 Å². The van der Waals surface area contributed by atoms with Crippen molar-refractivity contribution >= 4 is 60.4 Å². The summed E-state index contributed by atoms with van der Waals surface area (Å²) in [6, 6.07) is 8.99. The molecule has 32 heavy (non-hydrogen) atoms. The number of thiophene rings is 1. The molecule has 3 heterocycles. The minimum absolute atomic E-state index is 0.194. The SMILES string of the molecule is CCOc1ccc2c(c1)sc(=NC(=O)C1CCN(S(=O)(=O)c3ccc(Cl)s3)CC1)n2CC. The number of sulfonamides is 1. The van der Waals surface area contributed by atoms with E-state index in [2.05, 4.69) is 4.99 Å². The standard InChI is InChI=1S/C21H24ClN3O4S3/c1-3-25-16-6-5-15(29-4-2)13-17(16)30-21(25)23-20(26)14-9-11-24(12-10-14)32(27,28)19-8-7-18(22)31-19/h5-8,13-14H,3-4,9-12H2,1-2H3. The largest absolute Gasteiger partial charge is 0.494 e. The normalized spacial score (nSPS) is 16.7. The predicted octanol–water partition coefficient (Wildman–Crippen LogP) is 4.36. The van der Waals surface area contributed by atoms with E-state index in [0.29, 0.717) is 48.2 Å². The van der Waals surface area contributed by atoms with Crippen LogP contribution in [0.1, 0.15) is 26.7 Å². The van der Waals surface area contributed by atoms with Crippen molar-refractivity contribution in [2.24, 2.45) is 10.9 Å². The van der Waals surface area contributed by atoms with Gasteiger partial charge in [0.2, 0.25) is 0 Å². The molecule has 0 atom stereocenters. The Morgan fingerprint density at radius 3 is 2.56 bits per heavy atom. The van der Waals surface area contributed by atoms with Gasteiger partial charge in [-0.1, -0.05) is 22.9 Å². The Labute approximate surface area is 200 Å². The third-order valence-corrected chi connectivity index (χ3v) is 10.1. The number of thiazole rings is 1. The first-order chi connectivity index (χ1) is 15.3. The number of nitrogens with zero attached hydrogens (tertiary/aromatic N) is 3. The second-order valence-corrected chi connectivity index (χ2v) is 12.3. The van der Waals surface area contributed by atoms with Crippen LogP contribution in [0.2, 0.25) is 4.34 Å². The van der Waals surface area contributed by atoms with Gasteiger partial charge in [0, 0.05) is 25.6 Å². The Kier molecular flexibility index (Phi) is 7.06. The van der Waals surface area contributed by atoms with E-state index in [4.69, 9.17) is 16.3 Å². The number of ether oxygens (including phenoxy) is 1. The number of hydrogen-bond acceptors (Lipinski definition) is 6. The average molecular weight is 514 g/mol. The number of rotatable bonds is 6. The summed E-state index contributed by atoms with van der Waals surface area (Å²) in [7, 11) is -3.57. The molecule has 1 saturated heterocycles. The van der Waals surface area contributed by atoms with Crippen molar-refractivity contribution in [2.75, 3.05) is 19.7 Å². The van der Waals surface area contributed by atoms with E-state index >= 15 is 0 Å². The van der Waals surface area contributed by atoms with Gasteiger partial charge in [0.1, 0.15) is 9.96 Å². The molecule has 7 nitrogen and oxygen atoms in total. The van der Waals surface area contributed by atoms with Gasteiger partial charge < -0.3 is 9.30 Å². The highest BCUT2D eigenvalue weighted by molar-refractivity contribution is 7.91. The number of carbonyl (C=O) groups excluding carboxylic acids is 1. The lowest BCUT2D eigenvalue weighted by atomic mass is 9.98. The Balaban J connectivity index is 1.51. The first-order valence-corrected chi connectivity index (χ1v) is 13.9. The summed E-state index contributed by atoms with van der Waals surface area (Å²) in [5.74, 6) is 0.311. The molecule has 1 aliphatic heterocycles. The monoisotopic (exact) mass is 513 g/mol. The summed E-state index contributed by atoms with van der Waals surface area (Å²) in [5, 5.41) is 0. The molecule has 0 bridgehead atoms. The molecule has 4 rings (SSSR count). The van der Waals surface area contributed by atoms with Gasteiger partial charge in [-0.2, -0.15) is 9.30 Å². The molecule has 1 fully saturated rings. The van der Waals surface area contributed by atoms with Crippen molar-refractivity contribution in [1.82, 2.24) is 8.87 Å². The van der Waals surface area contributed by atoms with E-state index in [0.717, 1.165) is 27.3 Å². The van der Waals surface area contributed by atoms with Crippen molar-refractivity contribution in [3.8, 4) is 5.75 Å². The third kappa shape index (κ3) is 4.65. The lowest BCUT2D eigenvalue weighted by Crippen LogP contribution is -2.40. The molecular formula is C21H24ClN3O4S3. The highest BCUT2D eigenvalue weighted by Gasteiger charge is 2.33. The number of carbonyl (C=O) groups is 1. The lowest BCUT2D eigenvalue weighted by molar-refractivity contribution is -0.122. The first-order valence-electron chi connectivity index (χ1n) is 10.4. The summed E-state index contributed by atoms with van der Waals surface area (Å²) in [4.78, 5) is 18.0. The van der Waals surface area contributed by atoms with Gasteiger partial charge in [0.05, 0.1) is 21.2 Å². The number of amides is 1. The van der Waals surface area contributed by atoms with Gasteiger partial charge >= 0.3 is 0 Å². The van der Waals surface area contributed by atoms with Crippen LogP contribution in [-0.4, -0.2) is 42.9 Å². The summed E-state index contributed by atoms with van der Waals surface area (Å²) in [6.07, 6.45) is 0.901. The molecule has 1 amide bonds. The first kappa shape index (κ1) is 23.4. The third-order valence-electron chi connectivity index (χ3n) is 5.43. The minimum Gasteiger partial charge on any atom is -0.494 e. The second kappa shape index (κ2) is 9.64. The van der Waals surface area contributed by atoms with Crippen molar-refractivity contribution in [2.45, 2.75) is 37.4 Å². The van der Waals surface area contributed by atoms with Gasteiger partial charge in [0.15, 0.2) is 4.80 Å². The second-order valence-electron chi connectivity index (χ2n) is 7.38. The molecule has 2 aromatic heterocycles. The van der Waals surface area contributed by atoms with Crippen LogP contribution in [0.15, 0.2) is 39.5 Å². The fourth-order valence-electron chi connectivity index (χ4n) is 3.79. The van der Waals surface area contributed by atoms with Gasteiger partial charge in [0.25, 0.3) is 15.9 Å². The molecule has 0 radical (unpaired) electrons. The fraction of sp³-hybridized carbons (Fsp3) is 0.429. The predicted molar refractivity (Wildman–Crippen MR) is 128 cm³/mol. The van der Waals surface area contributed by atoms with E-state index < -0.39 is 10.0 Å². The molecule has 0 spiro atoms. The van der Waals surface area contributed by atoms with Crippen LogP contribution < -0.4 is 9.54 Å². The number of halogens is 1.